The lowest BCUT2D eigenvalue weighted by Crippen LogP contribution is -2.25. The first-order valence-corrected chi connectivity index (χ1v) is 11.0. The van der Waals surface area contributed by atoms with E-state index in [4.69, 9.17) is 11.1 Å². The Bertz CT molecular complexity index is 1170. The fourth-order valence-electron chi connectivity index (χ4n) is 3.59. The minimum Gasteiger partial charge on any atom is -0.384 e. The molecule has 4 N–H and O–H groups in total. The first-order valence-electron chi connectivity index (χ1n) is 11.0. The first-order chi connectivity index (χ1) is 15.7. The number of amides is 1. The molecule has 0 aliphatic heterocycles. The van der Waals surface area contributed by atoms with E-state index in [1.807, 2.05) is 54.8 Å². The maximum absolute atomic E-state index is 12.9. The number of nitrogen functional groups attached to an aromatic ring is 1. The van der Waals surface area contributed by atoms with E-state index in [2.05, 4.69) is 23.3 Å². The van der Waals surface area contributed by atoms with Crippen molar-refractivity contribution in [3.63, 3.8) is 0 Å². The molecule has 0 fully saturated rings. The third kappa shape index (κ3) is 5.66. The van der Waals surface area contributed by atoms with Crippen molar-refractivity contribution in [1.82, 2.24) is 14.9 Å². The molecule has 0 aliphatic rings. The molecular weight excluding hydrogens is 412 g/mol. The Labute approximate surface area is 194 Å². The second-order valence-electron chi connectivity index (χ2n) is 8.64. The summed E-state index contributed by atoms with van der Waals surface area (Å²) in [7, 11) is 0. The van der Waals surface area contributed by atoms with Gasteiger partial charge in [0.25, 0.3) is 5.91 Å². The summed E-state index contributed by atoms with van der Waals surface area (Å²) in [4.78, 5) is 17.3. The van der Waals surface area contributed by atoms with Crippen LogP contribution in [-0.2, 0) is 24.9 Å². The van der Waals surface area contributed by atoms with Crippen molar-refractivity contribution in [2.24, 2.45) is 5.73 Å². The van der Waals surface area contributed by atoms with E-state index in [0.717, 1.165) is 35.2 Å². The van der Waals surface area contributed by atoms with Gasteiger partial charge >= 0.3 is 0 Å². The Morgan fingerprint density at radius 1 is 1.15 bits per heavy atom. The van der Waals surface area contributed by atoms with Crippen molar-refractivity contribution in [3.05, 3.63) is 88.5 Å². The lowest BCUT2D eigenvalue weighted by atomic mass is 9.86. The van der Waals surface area contributed by atoms with Crippen LogP contribution in [0.15, 0.2) is 54.9 Å². The summed E-state index contributed by atoms with van der Waals surface area (Å²) >= 11 is 0. The van der Waals surface area contributed by atoms with Gasteiger partial charge in [0.2, 0.25) is 0 Å². The second kappa shape index (κ2) is 10.1. The topological polar surface area (TPSA) is 121 Å². The predicted octanol–water partition coefficient (Wildman–Crippen LogP) is 3.90. The molecule has 0 saturated heterocycles. The highest BCUT2D eigenvalue weighted by molar-refractivity contribution is 5.95. The number of nitrogens with two attached hydrogens (primary N) is 1. The molecule has 3 aromatic rings. The minimum atomic E-state index is -0.529. The van der Waals surface area contributed by atoms with Crippen LogP contribution in [0, 0.1) is 16.7 Å². The molecule has 0 spiro atoms. The highest BCUT2D eigenvalue weighted by Crippen LogP contribution is 2.23. The normalized spacial score (nSPS) is 11.1. The number of imidazole rings is 1. The van der Waals surface area contributed by atoms with Crippen LogP contribution in [0.2, 0.25) is 0 Å². The molecule has 0 unspecified atom stereocenters. The number of nitriles is 1. The summed E-state index contributed by atoms with van der Waals surface area (Å²) in [6.45, 7) is 6.86. The molecular formula is C26H30N6O. The Morgan fingerprint density at radius 2 is 1.79 bits per heavy atom. The Hall–Kier alpha value is -3.92. The summed E-state index contributed by atoms with van der Waals surface area (Å²) in [5, 5.41) is 19.7. The van der Waals surface area contributed by atoms with Crippen LogP contribution in [0.3, 0.4) is 0 Å². The number of rotatable bonds is 9. The van der Waals surface area contributed by atoms with Crippen molar-refractivity contribution in [3.8, 4) is 6.07 Å². The highest BCUT2D eigenvalue weighted by atomic mass is 16.1. The van der Waals surface area contributed by atoms with Gasteiger partial charge in [0.1, 0.15) is 11.5 Å². The van der Waals surface area contributed by atoms with Crippen LogP contribution in [-0.4, -0.2) is 21.3 Å². The van der Waals surface area contributed by atoms with Gasteiger partial charge in [0.15, 0.2) is 0 Å². The molecule has 2 aromatic carbocycles. The van der Waals surface area contributed by atoms with Gasteiger partial charge in [-0.25, -0.2) is 4.98 Å². The molecule has 33 heavy (non-hydrogen) atoms. The molecule has 1 heterocycles. The first kappa shape index (κ1) is 23.7. The summed E-state index contributed by atoms with van der Waals surface area (Å²) in [6.07, 6.45) is 3.36. The van der Waals surface area contributed by atoms with Crippen LogP contribution in [0.4, 0.5) is 0 Å². The van der Waals surface area contributed by atoms with Gasteiger partial charge in [0.05, 0.1) is 23.5 Å². The lowest BCUT2D eigenvalue weighted by Gasteiger charge is -2.16. The summed E-state index contributed by atoms with van der Waals surface area (Å²) in [5.41, 5.74) is 9.94. The Balaban J connectivity index is 1.72. The molecule has 7 heteroatoms. The van der Waals surface area contributed by atoms with Gasteiger partial charge in [-0.05, 0) is 37.0 Å². The second-order valence-corrected chi connectivity index (χ2v) is 8.64. The number of hydrogen-bond donors (Lipinski definition) is 3. The van der Waals surface area contributed by atoms with Gasteiger partial charge in [-0.2, -0.15) is 5.26 Å². The number of nitrogens with zero attached hydrogens (tertiary/aromatic N) is 3. The fraction of sp³-hybridized carbons (Fsp3) is 0.308. The number of nitrogens with one attached hydrogen (secondary N) is 2. The zero-order valence-corrected chi connectivity index (χ0v) is 19.4. The summed E-state index contributed by atoms with van der Waals surface area (Å²) < 4.78 is 2.02. The molecule has 1 amide bonds. The Kier molecular flexibility index (Phi) is 7.29. The van der Waals surface area contributed by atoms with Gasteiger partial charge < -0.3 is 15.6 Å². The van der Waals surface area contributed by atoms with E-state index in [1.54, 1.807) is 18.5 Å². The van der Waals surface area contributed by atoms with E-state index in [-0.39, 0.29) is 11.7 Å². The number of aromatic nitrogens is 2. The monoisotopic (exact) mass is 442 g/mol. The van der Waals surface area contributed by atoms with Crippen molar-refractivity contribution in [2.45, 2.75) is 52.1 Å². The molecule has 170 valence electrons. The van der Waals surface area contributed by atoms with Crippen LogP contribution in [0.1, 0.15) is 65.6 Å². The molecule has 0 saturated carbocycles. The van der Waals surface area contributed by atoms with Crippen molar-refractivity contribution in [1.29, 1.82) is 10.7 Å². The standard InChI is InChI=1S/C26H30N6O/c1-4-5-22-23(25(33)30-14-18-6-10-20(11-7-18)24(28)29)31-17-32(22)15-19-8-12-21(13-9-19)26(2,3)16-27/h6-13,17H,4-5,14-15H2,1-3H3,(H3,28,29)(H,30,33). The smallest absolute Gasteiger partial charge is 0.272 e. The van der Waals surface area contributed by atoms with Crippen LogP contribution in [0.25, 0.3) is 0 Å². The van der Waals surface area contributed by atoms with Gasteiger partial charge in [-0.3, -0.25) is 10.2 Å². The largest absolute Gasteiger partial charge is 0.384 e. The van der Waals surface area contributed by atoms with E-state index >= 15 is 0 Å². The van der Waals surface area contributed by atoms with E-state index < -0.39 is 5.41 Å². The molecule has 1 aromatic heterocycles. The molecule has 0 bridgehead atoms. The predicted molar refractivity (Wildman–Crippen MR) is 129 cm³/mol. The van der Waals surface area contributed by atoms with Crippen molar-refractivity contribution in [2.75, 3.05) is 0 Å². The number of benzene rings is 2. The zero-order valence-electron chi connectivity index (χ0n) is 19.4. The number of amidine groups is 1. The van der Waals surface area contributed by atoms with Gasteiger partial charge in [-0.15, -0.1) is 0 Å². The van der Waals surface area contributed by atoms with Crippen LogP contribution >= 0.6 is 0 Å². The maximum Gasteiger partial charge on any atom is 0.272 e. The van der Waals surface area contributed by atoms with Crippen molar-refractivity contribution >= 4 is 11.7 Å². The third-order valence-corrected chi connectivity index (χ3v) is 5.67. The number of hydrogen-bond acceptors (Lipinski definition) is 4. The molecule has 7 nitrogen and oxygen atoms in total. The summed E-state index contributed by atoms with van der Waals surface area (Å²) in [6, 6.07) is 17.6. The lowest BCUT2D eigenvalue weighted by molar-refractivity contribution is 0.0945. The molecule has 3 rings (SSSR count). The number of carbonyl (C=O) groups is 1. The average Bonchev–Trinajstić information content (AvgIpc) is 3.20. The van der Waals surface area contributed by atoms with E-state index in [0.29, 0.717) is 24.3 Å². The SMILES string of the molecule is CCCc1c(C(=O)NCc2ccc(C(=N)N)cc2)ncn1Cc1ccc(C(C)(C)C#N)cc1. The van der Waals surface area contributed by atoms with Crippen LogP contribution < -0.4 is 11.1 Å². The van der Waals surface area contributed by atoms with Crippen molar-refractivity contribution < 1.29 is 4.79 Å². The van der Waals surface area contributed by atoms with E-state index in [9.17, 15) is 10.1 Å². The maximum atomic E-state index is 12.9. The fourth-order valence-corrected chi connectivity index (χ4v) is 3.59. The van der Waals surface area contributed by atoms with Gasteiger partial charge in [0, 0.05) is 18.7 Å². The summed E-state index contributed by atoms with van der Waals surface area (Å²) in [5.74, 6) is -0.192. The molecule has 0 radical (unpaired) electrons. The minimum absolute atomic E-state index is 0.0174. The third-order valence-electron chi connectivity index (χ3n) is 5.67. The molecule has 0 atom stereocenters. The van der Waals surface area contributed by atoms with Crippen LogP contribution in [0.5, 0.6) is 0 Å². The number of carbonyl (C=O) groups excluding carboxylic acids is 1. The van der Waals surface area contributed by atoms with E-state index in [1.165, 1.54) is 0 Å². The average molecular weight is 443 g/mol. The Morgan fingerprint density at radius 3 is 2.36 bits per heavy atom. The molecule has 0 aliphatic carbocycles. The highest BCUT2D eigenvalue weighted by Gasteiger charge is 2.20. The quantitative estimate of drug-likeness (QED) is 0.344. The van der Waals surface area contributed by atoms with Gasteiger partial charge in [-0.1, -0.05) is 61.9 Å². The zero-order chi connectivity index (χ0) is 24.0.